The van der Waals surface area contributed by atoms with E-state index in [1.165, 1.54) is 0 Å². The number of nitrogens with zero attached hydrogens (tertiary/aromatic N) is 2. The zero-order valence-corrected chi connectivity index (χ0v) is 12.7. The molecule has 0 atom stereocenters. The fourth-order valence-electron chi connectivity index (χ4n) is 0.965. The van der Waals surface area contributed by atoms with Crippen LogP contribution in [0.15, 0.2) is 0 Å². The van der Waals surface area contributed by atoms with Crippen molar-refractivity contribution in [3.05, 3.63) is 0 Å². The molecule has 0 rings (SSSR count). The van der Waals surface area contributed by atoms with Crippen LogP contribution in [0.4, 0.5) is 0 Å². The summed E-state index contributed by atoms with van der Waals surface area (Å²) in [5.74, 6) is 0. The van der Waals surface area contributed by atoms with Crippen molar-refractivity contribution in [3.63, 3.8) is 0 Å². The number of ether oxygens (including phenoxy) is 2. The second-order valence-corrected chi connectivity index (χ2v) is 5.76. The van der Waals surface area contributed by atoms with E-state index in [1.54, 1.807) is 0 Å². The van der Waals surface area contributed by atoms with Crippen molar-refractivity contribution < 1.29 is 9.47 Å². The molecular formula is C14H28N2O2. The highest BCUT2D eigenvalue weighted by molar-refractivity contribution is 4.75. The van der Waals surface area contributed by atoms with Crippen molar-refractivity contribution in [2.75, 3.05) is 20.0 Å². The molecule has 0 aromatic rings. The number of hydrogen-bond acceptors (Lipinski definition) is 4. The zero-order valence-electron chi connectivity index (χ0n) is 12.7. The monoisotopic (exact) mass is 256 g/mol. The first kappa shape index (κ1) is 17.4. The van der Waals surface area contributed by atoms with Crippen LogP contribution >= 0.6 is 0 Å². The van der Waals surface area contributed by atoms with Gasteiger partial charge < -0.3 is 9.47 Å². The van der Waals surface area contributed by atoms with E-state index < -0.39 is 0 Å². The van der Waals surface area contributed by atoms with E-state index in [2.05, 4.69) is 19.9 Å². The summed E-state index contributed by atoms with van der Waals surface area (Å²) in [6, 6.07) is 2.14. The minimum absolute atomic E-state index is 0.159. The molecule has 0 N–H and O–H groups in total. The molecule has 0 aliphatic carbocycles. The average molecular weight is 256 g/mol. The Labute approximate surface area is 112 Å². The maximum Gasteiger partial charge on any atom is 0.102 e. The van der Waals surface area contributed by atoms with Gasteiger partial charge in [-0.2, -0.15) is 5.26 Å². The van der Waals surface area contributed by atoms with Gasteiger partial charge in [-0.05, 0) is 40.5 Å². The molecule has 0 fully saturated rings. The van der Waals surface area contributed by atoms with Crippen molar-refractivity contribution in [2.24, 2.45) is 0 Å². The topological polar surface area (TPSA) is 45.5 Å². The molecule has 0 spiro atoms. The van der Waals surface area contributed by atoms with Gasteiger partial charge in [-0.3, -0.25) is 0 Å². The second kappa shape index (κ2) is 7.73. The van der Waals surface area contributed by atoms with Gasteiger partial charge in [0, 0.05) is 0 Å². The van der Waals surface area contributed by atoms with Gasteiger partial charge in [-0.25, -0.2) is 4.90 Å². The Morgan fingerprint density at radius 1 is 0.944 bits per heavy atom. The van der Waals surface area contributed by atoms with Gasteiger partial charge in [0.1, 0.15) is 13.5 Å². The molecule has 0 heterocycles. The Morgan fingerprint density at radius 3 is 1.61 bits per heavy atom. The molecular weight excluding hydrogens is 228 g/mol. The first-order valence-corrected chi connectivity index (χ1v) is 6.63. The van der Waals surface area contributed by atoms with Crippen LogP contribution in [-0.2, 0) is 9.47 Å². The van der Waals surface area contributed by atoms with Crippen molar-refractivity contribution in [3.8, 4) is 6.07 Å². The van der Waals surface area contributed by atoms with Crippen LogP contribution < -0.4 is 0 Å². The second-order valence-electron chi connectivity index (χ2n) is 5.76. The predicted octanol–water partition coefficient (Wildman–Crippen LogP) is 3.14. The molecule has 0 aliphatic rings. The van der Waals surface area contributed by atoms with Gasteiger partial charge in [-0.1, -0.05) is 13.8 Å². The third-order valence-electron chi connectivity index (χ3n) is 3.27. The molecule has 106 valence electrons. The number of hydrogen-bond donors (Lipinski definition) is 0. The maximum absolute atomic E-state index is 8.81. The highest BCUT2D eigenvalue weighted by atomic mass is 16.5. The van der Waals surface area contributed by atoms with Crippen molar-refractivity contribution in [1.82, 2.24) is 4.90 Å². The van der Waals surface area contributed by atoms with Crippen LogP contribution in [0.1, 0.15) is 54.4 Å². The van der Waals surface area contributed by atoms with E-state index in [0.717, 1.165) is 12.8 Å². The summed E-state index contributed by atoms with van der Waals surface area (Å²) in [6.07, 6.45) is 1.88. The van der Waals surface area contributed by atoms with Crippen LogP contribution in [0.25, 0.3) is 0 Å². The first-order chi connectivity index (χ1) is 8.26. The molecule has 0 bridgehead atoms. The predicted molar refractivity (Wildman–Crippen MR) is 73.0 cm³/mol. The minimum Gasteiger partial charge on any atom is -0.360 e. The van der Waals surface area contributed by atoms with E-state index in [4.69, 9.17) is 14.7 Å². The third kappa shape index (κ3) is 7.65. The van der Waals surface area contributed by atoms with Crippen molar-refractivity contribution in [1.29, 1.82) is 5.26 Å². The standard InChI is InChI=1S/C14H28N2O2/c1-7-13(3,4)17-11-16(10-9-15)12-18-14(5,6)8-2/h7-8,10-12H2,1-6H3. The Hall–Kier alpha value is -0.630. The molecule has 0 aromatic carbocycles. The van der Waals surface area contributed by atoms with Crippen molar-refractivity contribution in [2.45, 2.75) is 65.6 Å². The van der Waals surface area contributed by atoms with Crippen LogP contribution in [0.3, 0.4) is 0 Å². The minimum atomic E-state index is -0.159. The fraction of sp³-hybridized carbons (Fsp3) is 0.929. The number of rotatable bonds is 9. The summed E-state index contributed by atoms with van der Waals surface area (Å²) >= 11 is 0. The van der Waals surface area contributed by atoms with Gasteiger partial charge in [0.2, 0.25) is 0 Å². The van der Waals surface area contributed by atoms with Crippen molar-refractivity contribution >= 4 is 0 Å². The Morgan fingerprint density at radius 2 is 1.33 bits per heavy atom. The Balaban J connectivity index is 4.20. The summed E-state index contributed by atoms with van der Waals surface area (Å²) in [6.45, 7) is 13.5. The lowest BCUT2D eigenvalue weighted by atomic mass is 10.1. The van der Waals surface area contributed by atoms with E-state index in [0.29, 0.717) is 20.0 Å². The quantitative estimate of drug-likeness (QED) is 0.469. The average Bonchev–Trinajstić information content (AvgIpc) is 2.33. The van der Waals surface area contributed by atoms with Crippen LogP contribution in [0.5, 0.6) is 0 Å². The van der Waals surface area contributed by atoms with Gasteiger partial charge in [-0.15, -0.1) is 0 Å². The van der Waals surface area contributed by atoms with E-state index in [9.17, 15) is 0 Å². The normalized spacial score (nSPS) is 12.8. The zero-order chi connectivity index (χ0) is 14.2. The Kier molecular flexibility index (Phi) is 7.46. The highest BCUT2D eigenvalue weighted by Gasteiger charge is 2.20. The first-order valence-electron chi connectivity index (χ1n) is 6.63. The lowest BCUT2D eigenvalue weighted by Gasteiger charge is -2.31. The van der Waals surface area contributed by atoms with Gasteiger partial charge in [0.05, 0.1) is 23.8 Å². The smallest absolute Gasteiger partial charge is 0.102 e. The van der Waals surface area contributed by atoms with E-state index in [1.807, 2.05) is 32.6 Å². The molecule has 4 heteroatoms. The SMILES string of the molecule is CCC(C)(C)OCN(CC#N)COC(C)(C)CC. The molecule has 0 saturated carbocycles. The molecule has 18 heavy (non-hydrogen) atoms. The number of nitriles is 1. The lowest BCUT2D eigenvalue weighted by molar-refractivity contribution is -0.130. The van der Waals surface area contributed by atoms with Gasteiger partial charge in [0.15, 0.2) is 0 Å². The molecule has 0 radical (unpaired) electrons. The lowest BCUT2D eigenvalue weighted by Crippen LogP contribution is -2.38. The largest absolute Gasteiger partial charge is 0.360 e. The molecule has 0 saturated heterocycles. The van der Waals surface area contributed by atoms with Gasteiger partial charge >= 0.3 is 0 Å². The molecule has 0 aromatic heterocycles. The molecule has 0 aliphatic heterocycles. The fourth-order valence-corrected chi connectivity index (χ4v) is 0.965. The van der Waals surface area contributed by atoms with Crippen LogP contribution in [0.2, 0.25) is 0 Å². The molecule has 0 unspecified atom stereocenters. The molecule has 0 amide bonds. The van der Waals surface area contributed by atoms with E-state index in [-0.39, 0.29) is 11.2 Å². The summed E-state index contributed by atoms with van der Waals surface area (Å²) in [5, 5.41) is 8.81. The Bertz CT molecular complexity index is 249. The van der Waals surface area contributed by atoms with Crippen LogP contribution in [0, 0.1) is 11.3 Å². The molecule has 4 nitrogen and oxygen atoms in total. The highest BCUT2D eigenvalue weighted by Crippen LogP contribution is 2.16. The van der Waals surface area contributed by atoms with Crippen LogP contribution in [-0.4, -0.2) is 36.1 Å². The summed E-state index contributed by atoms with van der Waals surface area (Å²) in [5.41, 5.74) is -0.318. The summed E-state index contributed by atoms with van der Waals surface area (Å²) in [7, 11) is 0. The van der Waals surface area contributed by atoms with E-state index >= 15 is 0 Å². The maximum atomic E-state index is 8.81. The third-order valence-corrected chi connectivity index (χ3v) is 3.27. The summed E-state index contributed by atoms with van der Waals surface area (Å²) in [4.78, 5) is 1.87. The summed E-state index contributed by atoms with van der Waals surface area (Å²) < 4.78 is 11.6. The van der Waals surface area contributed by atoms with Gasteiger partial charge in [0.25, 0.3) is 0 Å².